The standard InChI is InChI=1S/C4H3F6NO2/c1-2(12)13-11(3(5,6)7)4(8,9)10/h1H3. The van der Waals surface area contributed by atoms with E-state index in [9.17, 15) is 31.1 Å². The molecule has 13 heavy (non-hydrogen) atoms. The second-order valence-corrected chi connectivity index (χ2v) is 1.81. The third-order valence-electron chi connectivity index (χ3n) is 0.680. The Kier molecular flexibility index (Phi) is 3.14. The summed E-state index contributed by atoms with van der Waals surface area (Å²) in [5.74, 6) is -1.71. The van der Waals surface area contributed by atoms with Gasteiger partial charge in [-0.3, -0.25) is 4.79 Å². The van der Waals surface area contributed by atoms with Gasteiger partial charge in [-0.05, 0) is 0 Å². The lowest BCUT2D eigenvalue weighted by Crippen LogP contribution is -2.48. The van der Waals surface area contributed by atoms with Gasteiger partial charge < -0.3 is 4.84 Å². The largest absolute Gasteiger partial charge is 0.500 e. The zero-order valence-electron chi connectivity index (χ0n) is 6.03. The lowest BCUT2D eigenvalue weighted by Gasteiger charge is -2.23. The van der Waals surface area contributed by atoms with Crippen LogP contribution < -0.4 is 0 Å². The first-order valence-electron chi connectivity index (χ1n) is 2.67. The summed E-state index contributed by atoms with van der Waals surface area (Å²) in [5.41, 5.74) is 0. The average molecular weight is 211 g/mol. The molecule has 0 aromatic heterocycles. The molecule has 0 fully saturated rings. The Labute approximate surface area is 67.8 Å². The van der Waals surface area contributed by atoms with Gasteiger partial charge in [0, 0.05) is 6.92 Å². The molecular weight excluding hydrogens is 208 g/mol. The van der Waals surface area contributed by atoms with Crippen molar-refractivity contribution in [3.8, 4) is 0 Å². The van der Waals surface area contributed by atoms with Gasteiger partial charge in [0.15, 0.2) is 0 Å². The molecule has 78 valence electrons. The summed E-state index contributed by atoms with van der Waals surface area (Å²) >= 11 is 0. The number of nitrogens with zero attached hydrogens (tertiary/aromatic N) is 1. The molecule has 0 rings (SSSR count). The van der Waals surface area contributed by atoms with Crippen LogP contribution in [-0.4, -0.2) is 23.6 Å². The number of hydrogen-bond donors (Lipinski definition) is 0. The lowest BCUT2D eigenvalue weighted by atomic mass is 10.8. The van der Waals surface area contributed by atoms with Crippen molar-refractivity contribution in [3.63, 3.8) is 0 Å². The molecule has 0 atom stereocenters. The molecule has 3 nitrogen and oxygen atoms in total. The second kappa shape index (κ2) is 3.40. The molecule has 0 amide bonds. The van der Waals surface area contributed by atoms with E-state index < -0.39 is 23.6 Å². The highest BCUT2D eigenvalue weighted by molar-refractivity contribution is 5.65. The maximum absolute atomic E-state index is 11.5. The van der Waals surface area contributed by atoms with Gasteiger partial charge >= 0.3 is 18.6 Å². The Bertz CT molecular complexity index is 182. The summed E-state index contributed by atoms with van der Waals surface area (Å²) in [6.45, 7) is 0.421. The third-order valence-corrected chi connectivity index (χ3v) is 0.680. The molecule has 0 aromatic carbocycles. The molecule has 0 saturated heterocycles. The Morgan fingerprint density at radius 3 is 1.46 bits per heavy atom. The van der Waals surface area contributed by atoms with Crippen molar-refractivity contribution in [3.05, 3.63) is 0 Å². The summed E-state index contributed by atoms with van der Waals surface area (Å²) in [5, 5.41) is -2.28. The zero-order valence-corrected chi connectivity index (χ0v) is 6.03. The molecule has 0 aliphatic carbocycles. The van der Waals surface area contributed by atoms with E-state index in [1.54, 1.807) is 0 Å². The van der Waals surface area contributed by atoms with Crippen LogP contribution in [0.3, 0.4) is 0 Å². The fourth-order valence-corrected chi connectivity index (χ4v) is 0.376. The smallest absolute Gasteiger partial charge is 0.352 e. The van der Waals surface area contributed by atoms with E-state index in [1.807, 2.05) is 0 Å². The van der Waals surface area contributed by atoms with E-state index in [0.717, 1.165) is 0 Å². The highest BCUT2D eigenvalue weighted by atomic mass is 19.4. The molecule has 0 aromatic rings. The molecule has 0 N–H and O–H groups in total. The predicted molar refractivity (Wildman–Crippen MR) is 25.7 cm³/mol. The van der Waals surface area contributed by atoms with Crippen molar-refractivity contribution in [2.75, 3.05) is 0 Å². The number of halogens is 6. The summed E-state index contributed by atoms with van der Waals surface area (Å²) in [4.78, 5) is 12.8. The van der Waals surface area contributed by atoms with E-state index in [4.69, 9.17) is 0 Å². The molecular formula is C4H3F6NO2. The highest BCUT2D eigenvalue weighted by Crippen LogP contribution is 2.33. The minimum Gasteiger partial charge on any atom is -0.352 e. The summed E-state index contributed by atoms with van der Waals surface area (Å²) < 4.78 is 69.0. The molecule has 0 radical (unpaired) electrons. The van der Waals surface area contributed by atoms with E-state index in [0.29, 0.717) is 6.92 Å². The van der Waals surface area contributed by atoms with E-state index in [2.05, 4.69) is 4.84 Å². The number of carbonyl (C=O) groups is 1. The van der Waals surface area contributed by atoms with E-state index in [1.165, 1.54) is 0 Å². The van der Waals surface area contributed by atoms with Gasteiger partial charge in [0.2, 0.25) is 0 Å². The van der Waals surface area contributed by atoms with Crippen LogP contribution in [-0.2, 0) is 9.63 Å². The Hall–Kier alpha value is -0.990. The normalized spacial score (nSPS) is 13.2. The van der Waals surface area contributed by atoms with Crippen LogP contribution in [0.2, 0.25) is 0 Å². The maximum atomic E-state index is 11.5. The predicted octanol–water partition coefficient (Wildman–Crippen LogP) is 1.81. The van der Waals surface area contributed by atoms with Gasteiger partial charge in [-0.25, -0.2) is 0 Å². The van der Waals surface area contributed by atoms with Crippen LogP contribution in [0.5, 0.6) is 0 Å². The number of carbonyl (C=O) groups excluding carboxylic acids is 1. The van der Waals surface area contributed by atoms with Crippen molar-refractivity contribution in [2.24, 2.45) is 0 Å². The van der Waals surface area contributed by atoms with Crippen LogP contribution >= 0.6 is 0 Å². The molecule has 0 heterocycles. The van der Waals surface area contributed by atoms with Gasteiger partial charge in [0.25, 0.3) is 0 Å². The first-order chi connectivity index (χ1) is 5.55. The van der Waals surface area contributed by atoms with Gasteiger partial charge in [-0.2, -0.15) is 26.3 Å². The SMILES string of the molecule is CC(=O)ON(C(F)(F)F)C(F)(F)F. The average Bonchev–Trinajstić information content (AvgIpc) is 1.77. The van der Waals surface area contributed by atoms with Crippen molar-refractivity contribution in [1.29, 1.82) is 0 Å². The quantitative estimate of drug-likeness (QED) is 0.376. The summed E-state index contributed by atoms with van der Waals surface area (Å²) in [6.07, 6.45) is -11.6. The van der Waals surface area contributed by atoms with Gasteiger partial charge in [0.1, 0.15) is 0 Å². The molecule has 0 aliphatic rings. The summed E-state index contributed by atoms with van der Waals surface area (Å²) in [7, 11) is 0. The number of alkyl halides is 6. The Morgan fingerprint density at radius 2 is 1.38 bits per heavy atom. The number of hydroxylamine groups is 2. The molecule has 0 saturated carbocycles. The Morgan fingerprint density at radius 1 is 1.08 bits per heavy atom. The topological polar surface area (TPSA) is 29.5 Å². The van der Waals surface area contributed by atoms with Gasteiger partial charge in [-0.15, -0.1) is 0 Å². The van der Waals surface area contributed by atoms with Crippen molar-refractivity contribution >= 4 is 5.97 Å². The van der Waals surface area contributed by atoms with Crippen LogP contribution in [0.1, 0.15) is 6.92 Å². The second-order valence-electron chi connectivity index (χ2n) is 1.81. The van der Waals surface area contributed by atoms with E-state index >= 15 is 0 Å². The fraction of sp³-hybridized carbons (Fsp3) is 0.750. The molecule has 0 bridgehead atoms. The van der Waals surface area contributed by atoms with E-state index in [-0.39, 0.29) is 0 Å². The number of hydrogen-bond acceptors (Lipinski definition) is 3. The van der Waals surface area contributed by atoms with Crippen LogP contribution in [0.4, 0.5) is 26.3 Å². The molecule has 9 heteroatoms. The first-order valence-corrected chi connectivity index (χ1v) is 2.67. The minimum atomic E-state index is -5.80. The van der Waals surface area contributed by atoms with Gasteiger partial charge in [-0.1, -0.05) is 0 Å². The van der Waals surface area contributed by atoms with Crippen LogP contribution in [0.25, 0.3) is 0 Å². The van der Waals surface area contributed by atoms with Gasteiger partial charge in [0.05, 0.1) is 5.06 Å². The fourth-order valence-electron chi connectivity index (χ4n) is 0.376. The number of rotatable bonds is 1. The lowest BCUT2D eigenvalue weighted by molar-refractivity contribution is -0.467. The van der Waals surface area contributed by atoms with Crippen molar-refractivity contribution < 1.29 is 36.0 Å². The third kappa shape index (κ3) is 3.97. The van der Waals surface area contributed by atoms with Crippen molar-refractivity contribution in [2.45, 2.75) is 19.5 Å². The molecule has 0 aliphatic heterocycles. The highest BCUT2D eigenvalue weighted by Gasteiger charge is 2.57. The Balaban J connectivity index is 4.68. The van der Waals surface area contributed by atoms with Crippen LogP contribution in [0, 0.1) is 0 Å². The zero-order chi connectivity index (χ0) is 10.9. The first kappa shape index (κ1) is 12.0. The summed E-state index contributed by atoms with van der Waals surface area (Å²) in [6, 6.07) is 0. The minimum absolute atomic E-state index is 0.421. The van der Waals surface area contributed by atoms with Crippen LogP contribution in [0.15, 0.2) is 0 Å². The van der Waals surface area contributed by atoms with Crippen molar-refractivity contribution in [1.82, 2.24) is 5.06 Å². The molecule has 0 unspecified atom stereocenters. The molecule has 0 spiro atoms. The monoisotopic (exact) mass is 211 g/mol. The maximum Gasteiger partial charge on any atom is 0.500 e.